The highest BCUT2D eigenvalue weighted by Crippen LogP contribution is 2.34. The molecule has 4 aromatic rings. The second-order valence-electron chi connectivity index (χ2n) is 7.19. The molecule has 4 rings (SSSR count). The van der Waals surface area contributed by atoms with Crippen molar-refractivity contribution in [3.8, 4) is 10.7 Å². The summed E-state index contributed by atoms with van der Waals surface area (Å²) in [5.41, 5.74) is 2.25. The van der Waals surface area contributed by atoms with Crippen LogP contribution >= 0.6 is 22.7 Å². The second kappa shape index (κ2) is 9.09. The van der Waals surface area contributed by atoms with Crippen LogP contribution in [0.25, 0.3) is 21.6 Å². The number of benzene rings is 1. The van der Waals surface area contributed by atoms with Gasteiger partial charge in [0.25, 0.3) is 10.0 Å². The predicted octanol–water partition coefficient (Wildman–Crippen LogP) is 4.26. The molecule has 0 radical (unpaired) electrons. The van der Waals surface area contributed by atoms with E-state index in [0.29, 0.717) is 16.5 Å². The molecule has 3 aromatic heterocycles. The molecule has 1 N–H and O–H groups in total. The Morgan fingerprint density at radius 3 is 2.77 bits per heavy atom. The Kier molecular flexibility index (Phi) is 6.44. The van der Waals surface area contributed by atoms with Gasteiger partial charge in [0.2, 0.25) is 0 Å². The SMILES string of the molecule is COCCN(C)Cc1cnc(-c2cc3cccc(N(C)S(=O)(=O)c4cccs4)c3[nH]2)s1. The molecule has 0 saturated carbocycles. The average Bonchev–Trinajstić information content (AvgIpc) is 3.51. The molecule has 0 aliphatic carbocycles. The highest BCUT2D eigenvalue weighted by atomic mass is 32.2. The lowest BCUT2D eigenvalue weighted by Gasteiger charge is -2.19. The molecule has 0 atom stereocenters. The summed E-state index contributed by atoms with van der Waals surface area (Å²) in [6.45, 7) is 2.34. The highest BCUT2D eigenvalue weighted by molar-refractivity contribution is 7.94. The van der Waals surface area contributed by atoms with E-state index >= 15 is 0 Å². The van der Waals surface area contributed by atoms with Crippen molar-refractivity contribution in [1.29, 1.82) is 0 Å². The predicted molar refractivity (Wildman–Crippen MR) is 128 cm³/mol. The largest absolute Gasteiger partial charge is 0.383 e. The third-order valence-corrected chi connectivity index (χ3v) is 9.13. The number of sulfonamides is 1. The summed E-state index contributed by atoms with van der Waals surface area (Å²) < 4.78 is 32.8. The van der Waals surface area contributed by atoms with Crippen molar-refractivity contribution in [2.45, 2.75) is 10.8 Å². The number of H-pyrrole nitrogens is 1. The topological polar surface area (TPSA) is 78.5 Å². The number of ether oxygens (including phenoxy) is 1. The van der Waals surface area contributed by atoms with Crippen LogP contribution in [0, 0.1) is 0 Å². The number of thiazole rings is 1. The minimum atomic E-state index is -3.61. The number of methoxy groups -OCH3 is 1. The number of para-hydroxylation sites is 1. The first-order chi connectivity index (χ1) is 14.9. The molecule has 164 valence electrons. The number of anilines is 1. The normalized spacial score (nSPS) is 12.1. The van der Waals surface area contributed by atoms with E-state index in [2.05, 4.69) is 21.9 Å². The minimum Gasteiger partial charge on any atom is -0.383 e. The molecular formula is C21H24N4O3S3. The summed E-state index contributed by atoms with van der Waals surface area (Å²) in [5.74, 6) is 0. The Bertz CT molecular complexity index is 1260. The second-order valence-corrected chi connectivity index (χ2v) is 11.5. The van der Waals surface area contributed by atoms with E-state index in [4.69, 9.17) is 4.74 Å². The van der Waals surface area contributed by atoms with Gasteiger partial charge in [0, 0.05) is 43.7 Å². The van der Waals surface area contributed by atoms with Gasteiger partial charge in [0.1, 0.15) is 9.22 Å². The van der Waals surface area contributed by atoms with Crippen molar-refractivity contribution in [3.63, 3.8) is 0 Å². The van der Waals surface area contributed by atoms with Crippen LogP contribution < -0.4 is 4.31 Å². The molecule has 7 nitrogen and oxygen atoms in total. The Morgan fingerprint density at radius 2 is 2.03 bits per heavy atom. The van der Waals surface area contributed by atoms with E-state index in [1.54, 1.807) is 43.0 Å². The molecule has 0 saturated heterocycles. The summed E-state index contributed by atoms with van der Waals surface area (Å²) in [5, 5.41) is 3.58. The Labute approximate surface area is 190 Å². The van der Waals surface area contributed by atoms with Crippen molar-refractivity contribution in [2.75, 3.05) is 38.7 Å². The molecule has 0 fully saturated rings. The molecule has 0 aliphatic rings. The number of hydrogen-bond donors (Lipinski definition) is 1. The van der Waals surface area contributed by atoms with E-state index in [0.717, 1.165) is 39.6 Å². The van der Waals surface area contributed by atoms with Crippen LogP contribution in [-0.4, -0.2) is 57.6 Å². The molecule has 0 spiro atoms. The number of aromatic amines is 1. The molecule has 0 amide bonds. The first kappa shape index (κ1) is 22.0. The fourth-order valence-electron chi connectivity index (χ4n) is 3.29. The third-order valence-electron chi connectivity index (χ3n) is 4.97. The zero-order chi connectivity index (χ0) is 22.0. The first-order valence-corrected chi connectivity index (χ1v) is 12.8. The van der Waals surface area contributed by atoms with E-state index in [1.807, 2.05) is 30.5 Å². The molecule has 31 heavy (non-hydrogen) atoms. The van der Waals surface area contributed by atoms with Gasteiger partial charge in [-0.15, -0.1) is 22.7 Å². The van der Waals surface area contributed by atoms with Crippen LogP contribution in [0.15, 0.2) is 52.2 Å². The summed E-state index contributed by atoms with van der Waals surface area (Å²) in [6.07, 6.45) is 1.89. The maximum absolute atomic E-state index is 13.0. The lowest BCUT2D eigenvalue weighted by Crippen LogP contribution is -2.26. The minimum absolute atomic E-state index is 0.320. The Balaban J connectivity index is 1.63. The fraction of sp³-hybridized carbons (Fsp3) is 0.286. The number of likely N-dealkylation sites (N-methyl/N-ethyl adjacent to an activating group) is 1. The van der Waals surface area contributed by atoms with Gasteiger partial charge in [-0.3, -0.25) is 9.21 Å². The number of aromatic nitrogens is 2. The van der Waals surface area contributed by atoms with Crippen LogP contribution in [0.2, 0.25) is 0 Å². The number of nitrogens with zero attached hydrogens (tertiary/aromatic N) is 3. The highest BCUT2D eigenvalue weighted by Gasteiger charge is 2.24. The molecule has 10 heteroatoms. The zero-order valence-corrected chi connectivity index (χ0v) is 20.0. The molecule has 0 aliphatic heterocycles. The average molecular weight is 477 g/mol. The van der Waals surface area contributed by atoms with E-state index in [1.165, 1.54) is 15.6 Å². The monoisotopic (exact) mass is 476 g/mol. The van der Waals surface area contributed by atoms with Crippen LogP contribution in [0.4, 0.5) is 5.69 Å². The van der Waals surface area contributed by atoms with Gasteiger partial charge in [-0.05, 0) is 30.6 Å². The number of rotatable bonds is 9. The maximum Gasteiger partial charge on any atom is 0.273 e. The smallest absolute Gasteiger partial charge is 0.273 e. The van der Waals surface area contributed by atoms with Crippen LogP contribution in [0.1, 0.15) is 4.88 Å². The van der Waals surface area contributed by atoms with E-state index < -0.39 is 10.0 Å². The van der Waals surface area contributed by atoms with Crippen molar-refractivity contribution in [3.05, 3.63) is 52.9 Å². The quantitative estimate of drug-likeness (QED) is 0.391. The lowest BCUT2D eigenvalue weighted by atomic mass is 10.2. The maximum atomic E-state index is 13.0. The zero-order valence-electron chi connectivity index (χ0n) is 17.5. The summed E-state index contributed by atoms with van der Waals surface area (Å²) in [4.78, 5) is 11.3. The molecule has 3 heterocycles. The molecule has 0 bridgehead atoms. The van der Waals surface area contributed by atoms with Crippen molar-refractivity contribution in [2.24, 2.45) is 0 Å². The molecule has 0 unspecified atom stereocenters. The Hall–Kier alpha value is -2.24. The number of nitrogens with one attached hydrogen (secondary N) is 1. The standard InChI is InChI=1S/C21H24N4O3S3/c1-24(9-10-28-3)14-16-13-22-21(30-16)17-12-15-6-4-7-18(20(15)23-17)25(2)31(26,27)19-8-5-11-29-19/h4-8,11-13,23H,9-10,14H2,1-3H3. The lowest BCUT2D eigenvalue weighted by molar-refractivity contribution is 0.159. The van der Waals surface area contributed by atoms with Crippen LogP contribution in [-0.2, 0) is 21.3 Å². The summed E-state index contributed by atoms with van der Waals surface area (Å²) in [6, 6.07) is 11.0. The van der Waals surface area contributed by atoms with Gasteiger partial charge in [-0.1, -0.05) is 18.2 Å². The first-order valence-electron chi connectivity index (χ1n) is 9.67. The fourth-order valence-corrected chi connectivity index (χ4v) is 6.62. The third kappa shape index (κ3) is 4.53. The van der Waals surface area contributed by atoms with Gasteiger partial charge in [-0.25, -0.2) is 13.4 Å². The molecular weight excluding hydrogens is 452 g/mol. The van der Waals surface area contributed by atoms with Crippen molar-refractivity contribution < 1.29 is 13.2 Å². The van der Waals surface area contributed by atoms with Gasteiger partial charge >= 0.3 is 0 Å². The molecule has 1 aromatic carbocycles. The summed E-state index contributed by atoms with van der Waals surface area (Å²) >= 11 is 2.84. The van der Waals surface area contributed by atoms with Crippen molar-refractivity contribution >= 4 is 49.3 Å². The summed E-state index contributed by atoms with van der Waals surface area (Å²) in [7, 11) is 1.73. The Morgan fingerprint density at radius 1 is 1.19 bits per heavy atom. The van der Waals surface area contributed by atoms with Gasteiger partial charge in [0.05, 0.1) is 23.5 Å². The van der Waals surface area contributed by atoms with Gasteiger partial charge in [-0.2, -0.15) is 0 Å². The number of fused-ring (bicyclic) bond motifs is 1. The van der Waals surface area contributed by atoms with Crippen molar-refractivity contribution in [1.82, 2.24) is 14.9 Å². The number of hydrogen-bond acceptors (Lipinski definition) is 7. The van der Waals surface area contributed by atoms with Gasteiger partial charge in [0.15, 0.2) is 0 Å². The van der Waals surface area contributed by atoms with Crippen LogP contribution in [0.5, 0.6) is 0 Å². The number of thiophene rings is 1. The van der Waals surface area contributed by atoms with Gasteiger partial charge < -0.3 is 9.72 Å². The van der Waals surface area contributed by atoms with E-state index in [-0.39, 0.29) is 0 Å². The van der Waals surface area contributed by atoms with Crippen LogP contribution in [0.3, 0.4) is 0 Å². The van der Waals surface area contributed by atoms with E-state index in [9.17, 15) is 8.42 Å².